The fourth-order valence-electron chi connectivity index (χ4n) is 3.62. The molecule has 1 aliphatic rings. The maximum absolute atomic E-state index is 10.1. The molecule has 6 nitrogen and oxygen atoms in total. The number of aromatic nitrogens is 3. The van der Waals surface area contributed by atoms with E-state index in [2.05, 4.69) is 22.2 Å². The first-order valence-electron chi connectivity index (χ1n) is 7.86. The average molecular weight is 341 g/mol. The summed E-state index contributed by atoms with van der Waals surface area (Å²) < 4.78 is 7.90. The highest BCUT2D eigenvalue weighted by molar-refractivity contribution is 7.98. The molecule has 3 heterocycles. The van der Waals surface area contributed by atoms with Gasteiger partial charge in [-0.15, -0.1) is 11.8 Å². The molecular formula is C17H19N5OS. The Morgan fingerprint density at radius 1 is 1.38 bits per heavy atom. The standard InChI is InChI=1S/C17H19N5OS/c1-5-13-11(2)16(3,8-18)17(9-19,23-13)14-7-6-12-15(24-4)20-10-21-22(12)14/h6-7,10-11,13H,5H2,1-4H3/t11-,13-,16-,17+/m1/s1. The normalized spacial score (nSPS) is 32.6. The summed E-state index contributed by atoms with van der Waals surface area (Å²) >= 11 is 1.51. The van der Waals surface area contributed by atoms with Crippen LogP contribution in [-0.2, 0) is 10.3 Å². The van der Waals surface area contributed by atoms with E-state index in [-0.39, 0.29) is 12.0 Å². The minimum absolute atomic E-state index is 0.0699. The molecule has 7 heteroatoms. The fraction of sp³-hybridized carbons (Fsp3) is 0.529. The number of rotatable bonds is 3. The van der Waals surface area contributed by atoms with Crippen LogP contribution in [0.4, 0.5) is 0 Å². The van der Waals surface area contributed by atoms with Crippen LogP contribution in [0.1, 0.15) is 32.9 Å². The molecule has 4 atom stereocenters. The van der Waals surface area contributed by atoms with E-state index in [4.69, 9.17) is 4.74 Å². The van der Waals surface area contributed by atoms with Crippen molar-refractivity contribution in [3.8, 4) is 12.1 Å². The van der Waals surface area contributed by atoms with Gasteiger partial charge in [0.1, 0.15) is 22.8 Å². The van der Waals surface area contributed by atoms with Crippen LogP contribution < -0.4 is 0 Å². The SMILES string of the molecule is CC[C@H]1O[C@@](C#N)(c2ccc3c(SC)ncnn23)[C@](C)(C#N)[C@@H]1C. The molecule has 0 spiro atoms. The summed E-state index contributed by atoms with van der Waals surface area (Å²) in [5.74, 6) is -0.0699. The van der Waals surface area contributed by atoms with E-state index in [1.54, 1.807) is 4.52 Å². The highest BCUT2D eigenvalue weighted by Gasteiger charge is 2.64. The first-order chi connectivity index (χ1) is 11.5. The molecule has 2 aromatic heterocycles. The maximum Gasteiger partial charge on any atom is 0.215 e. The summed E-state index contributed by atoms with van der Waals surface area (Å²) in [6.07, 6.45) is 4.00. The van der Waals surface area contributed by atoms with Gasteiger partial charge in [0, 0.05) is 5.92 Å². The van der Waals surface area contributed by atoms with E-state index < -0.39 is 11.0 Å². The van der Waals surface area contributed by atoms with Gasteiger partial charge in [0.15, 0.2) is 0 Å². The van der Waals surface area contributed by atoms with Crippen molar-refractivity contribution in [2.24, 2.45) is 11.3 Å². The highest BCUT2D eigenvalue weighted by atomic mass is 32.2. The number of thioether (sulfide) groups is 1. The van der Waals surface area contributed by atoms with Gasteiger partial charge in [0.2, 0.25) is 5.60 Å². The van der Waals surface area contributed by atoms with Crippen molar-refractivity contribution >= 4 is 17.3 Å². The number of hydrogen-bond acceptors (Lipinski definition) is 6. The van der Waals surface area contributed by atoms with Crippen LogP contribution in [0.3, 0.4) is 0 Å². The van der Waals surface area contributed by atoms with E-state index in [9.17, 15) is 10.5 Å². The Balaban J connectivity index is 2.30. The smallest absolute Gasteiger partial charge is 0.215 e. The first kappa shape index (κ1) is 16.8. The Bertz CT molecular complexity index is 866. The Labute approximate surface area is 145 Å². The summed E-state index contributed by atoms with van der Waals surface area (Å²) in [4.78, 5) is 4.26. The third-order valence-corrected chi connectivity index (χ3v) is 5.99. The van der Waals surface area contributed by atoms with Crippen LogP contribution in [0.5, 0.6) is 0 Å². The molecule has 0 unspecified atom stereocenters. The van der Waals surface area contributed by atoms with E-state index in [0.717, 1.165) is 17.0 Å². The van der Waals surface area contributed by atoms with Gasteiger partial charge in [-0.25, -0.2) is 9.50 Å². The van der Waals surface area contributed by atoms with Crippen LogP contribution in [-0.4, -0.2) is 27.0 Å². The Kier molecular flexibility index (Phi) is 4.03. The number of fused-ring (bicyclic) bond motifs is 1. The molecular weight excluding hydrogens is 322 g/mol. The third kappa shape index (κ3) is 1.92. The van der Waals surface area contributed by atoms with Gasteiger partial charge in [-0.1, -0.05) is 13.8 Å². The lowest BCUT2D eigenvalue weighted by atomic mass is 9.67. The molecule has 1 saturated heterocycles. The lowest BCUT2D eigenvalue weighted by molar-refractivity contribution is -0.0376. The first-order valence-corrected chi connectivity index (χ1v) is 9.09. The second-order valence-electron chi connectivity index (χ2n) is 6.25. The summed E-state index contributed by atoms with van der Waals surface area (Å²) in [7, 11) is 0. The molecule has 0 N–H and O–H groups in total. The van der Waals surface area contributed by atoms with E-state index in [1.807, 2.05) is 39.2 Å². The van der Waals surface area contributed by atoms with E-state index in [0.29, 0.717) is 5.69 Å². The minimum Gasteiger partial charge on any atom is -0.349 e. The van der Waals surface area contributed by atoms with Gasteiger partial charge in [-0.05, 0) is 31.7 Å². The molecule has 1 fully saturated rings. The molecule has 0 amide bonds. The largest absolute Gasteiger partial charge is 0.349 e. The highest BCUT2D eigenvalue weighted by Crippen LogP contribution is 2.56. The van der Waals surface area contributed by atoms with E-state index >= 15 is 0 Å². The number of nitrogens with zero attached hydrogens (tertiary/aromatic N) is 5. The van der Waals surface area contributed by atoms with Crippen molar-refractivity contribution in [3.05, 3.63) is 24.2 Å². The topological polar surface area (TPSA) is 87.0 Å². The molecule has 0 radical (unpaired) electrons. The zero-order valence-corrected chi connectivity index (χ0v) is 15.0. The van der Waals surface area contributed by atoms with Crippen molar-refractivity contribution in [3.63, 3.8) is 0 Å². The molecule has 0 aromatic carbocycles. The van der Waals surface area contributed by atoms with Crippen molar-refractivity contribution in [2.75, 3.05) is 6.26 Å². The lowest BCUT2D eigenvalue weighted by Crippen LogP contribution is -2.42. The van der Waals surface area contributed by atoms with Crippen molar-refractivity contribution in [2.45, 2.75) is 43.9 Å². The number of nitriles is 2. The fourth-order valence-corrected chi connectivity index (χ4v) is 4.14. The van der Waals surface area contributed by atoms with Gasteiger partial charge < -0.3 is 4.74 Å². The van der Waals surface area contributed by atoms with Crippen LogP contribution >= 0.6 is 11.8 Å². The zero-order chi connectivity index (χ0) is 17.5. The Hall–Kier alpha value is -2.09. The molecule has 124 valence electrons. The molecule has 0 bridgehead atoms. The second kappa shape index (κ2) is 5.77. The van der Waals surface area contributed by atoms with Gasteiger partial charge in [-0.2, -0.15) is 15.6 Å². The van der Waals surface area contributed by atoms with Crippen molar-refractivity contribution in [1.82, 2.24) is 14.6 Å². The van der Waals surface area contributed by atoms with Gasteiger partial charge >= 0.3 is 0 Å². The minimum atomic E-state index is -1.36. The third-order valence-electron chi connectivity index (χ3n) is 5.29. The summed E-state index contributed by atoms with van der Waals surface area (Å²) in [5.41, 5.74) is -0.935. The predicted molar refractivity (Wildman–Crippen MR) is 90.1 cm³/mol. The van der Waals surface area contributed by atoms with Crippen LogP contribution in [0, 0.1) is 34.0 Å². The predicted octanol–water partition coefficient (Wildman–Crippen LogP) is 3.14. The van der Waals surface area contributed by atoms with Crippen molar-refractivity contribution in [1.29, 1.82) is 10.5 Å². The number of hydrogen-bond donors (Lipinski definition) is 0. The monoisotopic (exact) mass is 341 g/mol. The van der Waals surface area contributed by atoms with E-state index in [1.165, 1.54) is 18.1 Å². The molecule has 3 rings (SSSR count). The van der Waals surface area contributed by atoms with Crippen LogP contribution in [0.15, 0.2) is 23.5 Å². The second-order valence-corrected chi connectivity index (χ2v) is 7.04. The van der Waals surface area contributed by atoms with Gasteiger partial charge in [0.05, 0.1) is 23.4 Å². The average Bonchev–Trinajstić information content (AvgIpc) is 3.14. The quantitative estimate of drug-likeness (QED) is 0.797. The van der Waals surface area contributed by atoms with Crippen molar-refractivity contribution < 1.29 is 4.74 Å². The molecule has 2 aromatic rings. The Morgan fingerprint density at radius 3 is 2.71 bits per heavy atom. The molecule has 1 aliphatic heterocycles. The number of ether oxygens (including phenoxy) is 1. The van der Waals surface area contributed by atoms with Crippen LogP contribution in [0.25, 0.3) is 5.52 Å². The summed E-state index contributed by atoms with van der Waals surface area (Å²) in [5, 5.41) is 25.1. The summed E-state index contributed by atoms with van der Waals surface area (Å²) in [6.45, 7) is 5.80. The Morgan fingerprint density at radius 2 is 2.12 bits per heavy atom. The lowest BCUT2D eigenvalue weighted by Gasteiger charge is -2.32. The zero-order valence-electron chi connectivity index (χ0n) is 14.1. The van der Waals surface area contributed by atoms with Gasteiger partial charge in [0.25, 0.3) is 0 Å². The molecule has 0 saturated carbocycles. The summed E-state index contributed by atoms with van der Waals surface area (Å²) in [6, 6.07) is 8.39. The van der Waals surface area contributed by atoms with Gasteiger partial charge in [-0.3, -0.25) is 0 Å². The maximum atomic E-state index is 10.1. The molecule has 0 aliphatic carbocycles. The van der Waals surface area contributed by atoms with Crippen LogP contribution in [0.2, 0.25) is 0 Å². The molecule has 24 heavy (non-hydrogen) atoms.